The Morgan fingerprint density at radius 3 is 2.90 bits per heavy atom. The van der Waals surface area contributed by atoms with Crippen LogP contribution in [0.2, 0.25) is 0 Å². The minimum atomic E-state index is -1.93. The lowest BCUT2D eigenvalue weighted by Gasteiger charge is -2.24. The second-order valence-corrected chi connectivity index (χ2v) is 6.74. The summed E-state index contributed by atoms with van der Waals surface area (Å²) in [7, 11) is 0. The van der Waals surface area contributed by atoms with E-state index in [9.17, 15) is 25.4 Å². The molecule has 2 aromatic heterocycles. The molecule has 0 aliphatic carbocycles. The summed E-state index contributed by atoms with van der Waals surface area (Å²) in [5.74, 6) is 0.0964. The summed E-state index contributed by atoms with van der Waals surface area (Å²) in [4.78, 5) is 12.0. The van der Waals surface area contributed by atoms with E-state index in [2.05, 4.69) is 15.5 Å². The molecule has 0 unspecified atom stereocenters. The van der Waals surface area contributed by atoms with Gasteiger partial charge in [0, 0.05) is 0 Å². The second-order valence-electron chi connectivity index (χ2n) is 6.74. The van der Waals surface area contributed by atoms with E-state index in [-0.39, 0.29) is 18.1 Å². The molecule has 1 amide bonds. The van der Waals surface area contributed by atoms with Crippen molar-refractivity contribution < 1.29 is 29.6 Å². The number of rotatable bonds is 7. The summed E-state index contributed by atoms with van der Waals surface area (Å²) in [5, 5.41) is 49.8. The van der Waals surface area contributed by atoms with Gasteiger partial charge in [0.2, 0.25) is 5.60 Å². The Kier molecular flexibility index (Phi) is 6.29. The van der Waals surface area contributed by atoms with E-state index < -0.39 is 36.6 Å². The molecular weight excluding hydrogens is 382 g/mol. The molecule has 156 valence electrons. The molecule has 0 saturated carbocycles. The number of nitriles is 1. The lowest BCUT2D eigenvalue weighted by Crippen LogP contribution is -2.40. The molecule has 4 atom stereocenters. The highest BCUT2D eigenvalue weighted by atomic mass is 16.6. The molecule has 3 rings (SSSR count). The van der Waals surface area contributed by atoms with Gasteiger partial charge >= 0.3 is 6.09 Å². The van der Waals surface area contributed by atoms with Gasteiger partial charge < -0.3 is 24.8 Å². The first-order valence-electron chi connectivity index (χ1n) is 9.31. The summed E-state index contributed by atoms with van der Waals surface area (Å²) in [6.45, 7) is 1.75. The predicted octanol–water partition coefficient (Wildman–Crippen LogP) is 0.300. The van der Waals surface area contributed by atoms with Crippen molar-refractivity contribution in [3.63, 3.8) is 0 Å². The van der Waals surface area contributed by atoms with Crippen LogP contribution in [-0.4, -0.2) is 67.5 Å². The number of nitrogens with one attached hydrogen (secondary N) is 1. The van der Waals surface area contributed by atoms with Gasteiger partial charge in [0.25, 0.3) is 0 Å². The van der Waals surface area contributed by atoms with Gasteiger partial charge in [-0.05, 0) is 18.6 Å². The van der Waals surface area contributed by atoms with E-state index in [4.69, 9.17) is 9.47 Å². The summed E-state index contributed by atoms with van der Waals surface area (Å²) < 4.78 is 12.0. The predicted molar refractivity (Wildman–Crippen MR) is 98.7 cm³/mol. The van der Waals surface area contributed by atoms with E-state index in [1.54, 1.807) is 6.07 Å². The van der Waals surface area contributed by atoms with Crippen LogP contribution in [0.4, 0.5) is 10.6 Å². The molecule has 29 heavy (non-hydrogen) atoms. The van der Waals surface area contributed by atoms with E-state index in [0.29, 0.717) is 5.52 Å². The van der Waals surface area contributed by atoms with E-state index >= 15 is 0 Å². The monoisotopic (exact) mass is 405 g/mol. The Labute approximate surface area is 166 Å². The minimum Gasteiger partial charge on any atom is -0.449 e. The Hall–Kier alpha value is -2.78. The number of anilines is 1. The van der Waals surface area contributed by atoms with Gasteiger partial charge in [-0.3, -0.25) is 9.72 Å². The quantitative estimate of drug-likeness (QED) is 0.474. The number of fused-ring (bicyclic) bond motifs is 1. The van der Waals surface area contributed by atoms with Crippen LogP contribution < -0.4 is 5.32 Å². The topological polar surface area (TPSA) is 162 Å². The van der Waals surface area contributed by atoms with Crippen molar-refractivity contribution in [2.45, 2.75) is 50.1 Å². The van der Waals surface area contributed by atoms with Gasteiger partial charge in [0.15, 0.2) is 5.82 Å². The Morgan fingerprint density at radius 1 is 1.45 bits per heavy atom. The number of hydrogen-bond donors (Lipinski definition) is 4. The molecule has 0 bridgehead atoms. The summed E-state index contributed by atoms with van der Waals surface area (Å²) in [6, 6.07) is 4.95. The molecule has 1 aliphatic rings. The molecule has 1 fully saturated rings. The molecule has 11 nitrogen and oxygen atoms in total. The van der Waals surface area contributed by atoms with Crippen molar-refractivity contribution >= 4 is 17.4 Å². The fourth-order valence-corrected chi connectivity index (χ4v) is 3.32. The molecule has 1 saturated heterocycles. The molecule has 0 spiro atoms. The Balaban J connectivity index is 1.88. The first kappa shape index (κ1) is 20.9. The number of nitrogens with zero attached hydrogens (tertiary/aromatic N) is 4. The van der Waals surface area contributed by atoms with E-state index in [0.717, 1.165) is 19.3 Å². The number of amides is 1. The van der Waals surface area contributed by atoms with Crippen LogP contribution in [0, 0.1) is 11.3 Å². The SMILES string of the molecule is CCCCCOC(=O)Nc1nncn2c([C@]3(C#N)O[C@H](CO)[C@@H](O)[C@H]3O)ccc12. The lowest BCUT2D eigenvalue weighted by atomic mass is 9.92. The fourth-order valence-electron chi connectivity index (χ4n) is 3.32. The fraction of sp³-hybridized carbons (Fsp3) is 0.556. The Bertz CT molecular complexity index is 912. The molecule has 3 heterocycles. The second kappa shape index (κ2) is 8.71. The largest absolute Gasteiger partial charge is 0.449 e. The van der Waals surface area contributed by atoms with Crippen molar-refractivity contribution in [3.8, 4) is 6.07 Å². The summed E-state index contributed by atoms with van der Waals surface area (Å²) in [6.07, 6.45) is -0.867. The minimum absolute atomic E-state index is 0.0964. The molecule has 1 aliphatic heterocycles. The van der Waals surface area contributed by atoms with Crippen LogP contribution in [0.5, 0.6) is 0 Å². The maximum absolute atomic E-state index is 12.0. The highest BCUT2D eigenvalue weighted by Gasteiger charge is 2.57. The average Bonchev–Trinajstić information content (AvgIpc) is 3.27. The molecular formula is C18H23N5O6. The van der Waals surface area contributed by atoms with Gasteiger partial charge in [-0.2, -0.15) is 5.26 Å². The third-order valence-electron chi connectivity index (χ3n) is 4.87. The molecule has 4 N–H and O–H groups in total. The first-order chi connectivity index (χ1) is 14.0. The maximum Gasteiger partial charge on any atom is 0.412 e. The van der Waals surface area contributed by atoms with Gasteiger partial charge in [-0.1, -0.05) is 19.8 Å². The number of aliphatic hydroxyl groups is 3. The van der Waals surface area contributed by atoms with Gasteiger partial charge in [-0.25, -0.2) is 4.79 Å². The average molecular weight is 405 g/mol. The molecule has 0 aromatic carbocycles. The van der Waals surface area contributed by atoms with Crippen molar-refractivity contribution in [1.82, 2.24) is 14.6 Å². The van der Waals surface area contributed by atoms with Crippen molar-refractivity contribution in [2.75, 3.05) is 18.5 Å². The van der Waals surface area contributed by atoms with Crippen molar-refractivity contribution in [1.29, 1.82) is 5.26 Å². The summed E-state index contributed by atoms with van der Waals surface area (Å²) in [5.41, 5.74) is -1.38. The number of aliphatic hydroxyl groups excluding tert-OH is 3. The van der Waals surface area contributed by atoms with Gasteiger partial charge in [0.1, 0.15) is 30.7 Å². The number of carbonyl (C=O) groups excluding carboxylic acids is 1. The molecule has 2 aromatic rings. The van der Waals surface area contributed by atoms with Crippen LogP contribution in [0.15, 0.2) is 18.5 Å². The van der Waals surface area contributed by atoms with Gasteiger partial charge in [0.05, 0.1) is 24.4 Å². The zero-order chi connectivity index (χ0) is 21.0. The number of carbonyl (C=O) groups is 1. The van der Waals surface area contributed by atoms with Crippen LogP contribution in [0.1, 0.15) is 31.9 Å². The Morgan fingerprint density at radius 2 is 2.24 bits per heavy atom. The normalized spacial score (nSPS) is 26.4. The first-order valence-corrected chi connectivity index (χ1v) is 9.31. The highest BCUT2D eigenvalue weighted by molar-refractivity contribution is 5.88. The van der Waals surface area contributed by atoms with Crippen LogP contribution >= 0.6 is 0 Å². The van der Waals surface area contributed by atoms with Crippen LogP contribution in [0.25, 0.3) is 5.52 Å². The zero-order valence-corrected chi connectivity index (χ0v) is 15.9. The lowest BCUT2D eigenvalue weighted by molar-refractivity contribution is -0.0638. The smallest absolute Gasteiger partial charge is 0.412 e. The maximum atomic E-state index is 12.0. The zero-order valence-electron chi connectivity index (χ0n) is 15.9. The van der Waals surface area contributed by atoms with E-state index in [1.807, 2.05) is 13.0 Å². The molecule has 0 radical (unpaired) electrons. The van der Waals surface area contributed by atoms with Crippen molar-refractivity contribution in [3.05, 3.63) is 24.2 Å². The third-order valence-corrected chi connectivity index (χ3v) is 4.87. The molecule has 11 heteroatoms. The van der Waals surface area contributed by atoms with E-state index in [1.165, 1.54) is 16.8 Å². The number of aromatic nitrogens is 3. The number of ether oxygens (including phenoxy) is 2. The standard InChI is InChI=1S/C18H23N5O6/c1-2-3-4-7-28-17(27)21-16-11-5-6-13(23(11)10-20-22-16)18(9-19)15(26)14(25)12(8-24)29-18/h5-6,10,12,14-15,24-26H,2-4,7-8H2,1H3,(H,21,22,27)/t12-,14-,15-,18+/m1/s1. The van der Waals surface area contributed by atoms with Crippen LogP contribution in [0.3, 0.4) is 0 Å². The number of unbranched alkanes of at least 4 members (excludes halogenated alkanes) is 2. The van der Waals surface area contributed by atoms with Crippen LogP contribution in [-0.2, 0) is 15.1 Å². The van der Waals surface area contributed by atoms with Crippen molar-refractivity contribution in [2.24, 2.45) is 0 Å². The summed E-state index contributed by atoms with van der Waals surface area (Å²) >= 11 is 0. The third kappa shape index (κ3) is 3.75. The highest BCUT2D eigenvalue weighted by Crippen LogP contribution is 2.40. The number of hydrogen-bond acceptors (Lipinski definition) is 9. The van der Waals surface area contributed by atoms with Gasteiger partial charge in [-0.15, -0.1) is 10.2 Å².